The average Bonchev–Trinajstić information content (AvgIpc) is 2.66. The summed E-state index contributed by atoms with van der Waals surface area (Å²) in [4.78, 5) is 23.4. The highest BCUT2D eigenvalue weighted by atomic mass is 16.5. The zero-order valence-corrected chi connectivity index (χ0v) is 18.0. The minimum absolute atomic E-state index is 0.0417. The Balaban J connectivity index is 1.76. The van der Waals surface area contributed by atoms with Crippen LogP contribution in [-0.4, -0.2) is 25.7 Å². The number of carbonyl (C=O) groups excluding carboxylic acids is 2. The SMILES string of the molecule is C=C[C@]1(C)CC[C@H]2C(=CC[C@H]3[C@](C)(COC(=O)CC(=O)OC)CCC[C@@]23C)C1. The van der Waals surface area contributed by atoms with E-state index in [9.17, 15) is 9.59 Å². The first-order chi connectivity index (χ1) is 13.2. The van der Waals surface area contributed by atoms with Gasteiger partial charge >= 0.3 is 11.9 Å². The molecule has 3 aliphatic rings. The Morgan fingerprint density at radius 3 is 2.64 bits per heavy atom. The van der Waals surface area contributed by atoms with Crippen LogP contribution < -0.4 is 0 Å². The van der Waals surface area contributed by atoms with Crippen molar-refractivity contribution in [1.29, 1.82) is 0 Å². The van der Waals surface area contributed by atoms with Gasteiger partial charge in [-0.3, -0.25) is 9.59 Å². The summed E-state index contributed by atoms with van der Waals surface area (Å²) in [6, 6.07) is 0. The van der Waals surface area contributed by atoms with E-state index < -0.39 is 11.9 Å². The van der Waals surface area contributed by atoms with Crippen molar-refractivity contribution in [3.8, 4) is 0 Å². The summed E-state index contributed by atoms with van der Waals surface area (Å²) in [6.07, 6.45) is 12.4. The van der Waals surface area contributed by atoms with Gasteiger partial charge in [-0.1, -0.05) is 44.9 Å². The van der Waals surface area contributed by atoms with E-state index in [0.717, 1.165) is 19.3 Å². The van der Waals surface area contributed by atoms with Crippen molar-refractivity contribution in [3.05, 3.63) is 24.3 Å². The van der Waals surface area contributed by atoms with Gasteiger partial charge in [-0.15, -0.1) is 6.58 Å². The molecule has 0 saturated heterocycles. The summed E-state index contributed by atoms with van der Waals surface area (Å²) in [5.74, 6) is 0.111. The lowest BCUT2D eigenvalue weighted by Crippen LogP contribution is -2.52. The maximum absolute atomic E-state index is 12.0. The van der Waals surface area contributed by atoms with Gasteiger partial charge in [0, 0.05) is 5.41 Å². The fourth-order valence-electron chi connectivity index (χ4n) is 6.40. The highest BCUT2D eigenvalue weighted by Crippen LogP contribution is 2.63. The van der Waals surface area contributed by atoms with Gasteiger partial charge in [-0.05, 0) is 61.2 Å². The topological polar surface area (TPSA) is 52.6 Å². The molecule has 28 heavy (non-hydrogen) atoms. The molecule has 156 valence electrons. The number of rotatable bonds is 5. The number of hydrogen-bond donors (Lipinski definition) is 0. The van der Waals surface area contributed by atoms with Crippen LogP contribution in [0.1, 0.15) is 72.1 Å². The first-order valence-corrected chi connectivity index (χ1v) is 10.7. The Bertz CT molecular complexity index is 680. The van der Waals surface area contributed by atoms with Crippen LogP contribution >= 0.6 is 0 Å². The van der Waals surface area contributed by atoms with Gasteiger partial charge in [0.05, 0.1) is 13.7 Å². The van der Waals surface area contributed by atoms with Crippen molar-refractivity contribution in [2.45, 2.75) is 72.1 Å². The molecular formula is C24H36O4. The quantitative estimate of drug-likeness (QED) is 0.368. The van der Waals surface area contributed by atoms with E-state index >= 15 is 0 Å². The maximum atomic E-state index is 12.0. The van der Waals surface area contributed by atoms with Gasteiger partial charge in [0.2, 0.25) is 0 Å². The second-order valence-electron chi connectivity index (χ2n) is 10.1. The second-order valence-corrected chi connectivity index (χ2v) is 10.1. The number of methoxy groups -OCH3 is 1. The van der Waals surface area contributed by atoms with Crippen LogP contribution in [0.15, 0.2) is 24.3 Å². The second kappa shape index (κ2) is 7.68. The van der Waals surface area contributed by atoms with E-state index in [-0.39, 0.29) is 22.7 Å². The predicted molar refractivity (Wildman–Crippen MR) is 109 cm³/mol. The zero-order chi connectivity index (χ0) is 20.6. The normalized spacial score (nSPS) is 39.8. The molecule has 5 atom stereocenters. The van der Waals surface area contributed by atoms with Crippen molar-refractivity contribution in [1.82, 2.24) is 0 Å². The van der Waals surface area contributed by atoms with Crippen LogP contribution in [0, 0.1) is 28.1 Å². The molecule has 0 heterocycles. The molecule has 3 rings (SSSR count). The highest BCUT2D eigenvalue weighted by Gasteiger charge is 2.55. The van der Waals surface area contributed by atoms with Crippen molar-refractivity contribution in [3.63, 3.8) is 0 Å². The number of fused-ring (bicyclic) bond motifs is 3. The summed E-state index contributed by atoms with van der Waals surface area (Å²) in [5, 5.41) is 0. The summed E-state index contributed by atoms with van der Waals surface area (Å²) >= 11 is 0. The molecule has 4 nitrogen and oxygen atoms in total. The summed E-state index contributed by atoms with van der Waals surface area (Å²) in [5.41, 5.74) is 2.07. The number of ether oxygens (including phenoxy) is 2. The van der Waals surface area contributed by atoms with Crippen LogP contribution in [0.5, 0.6) is 0 Å². The number of hydrogen-bond acceptors (Lipinski definition) is 4. The largest absolute Gasteiger partial charge is 0.469 e. The first-order valence-electron chi connectivity index (χ1n) is 10.7. The molecule has 4 heteroatoms. The molecule has 3 aliphatic carbocycles. The molecule has 0 unspecified atom stereocenters. The van der Waals surface area contributed by atoms with Gasteiger partial charge in [0.25, 0.3) is 0 Å². The summed E-state index contributed by atoms with van der Waals surface area (Å²) in [7, 11) is 1.29. The lowest BCUT2D eigenvalue weighted by atomic mass is 9.45. The Hall–Kier alpha value is -1.58. The third-order valence-electron chi connectivity index (χ3n) is 8.14. The molecule has 2 saturated carbocycles. The Morgan fingerprint density at radius 1 is 1.21 bits per heavy atom. The standard InChI is InChI=1S/C24H36O4/c1-6-22(2)13-10-18-17(15-22)8-9-19-23(3,11-7-12-24(18,19)4)16-28-21(26)14-20(25)27-5/h6,8,18-19H,1,7,9-16H2,2-5H3/t18-,19-,22+,23-,24-/m0/s1. The Labute approximate surface area is 169 Å². The van der Waals surface area contributed by atoms with Crippen LogP contribution in [-0.2, 0) is 19.1 Å². The van der Waals surface area contributed by atoms with Gasteiger partial charge < -0.3 is 9.47 Å². The lowest BCUT2D eigenvalue weighted by molar-refractivity contribution is -0.160. The van der Waals surface area contributed by atoms with Crippen molar-refractivity contribution >= 4 is 11.9 Å². The smallest absolute Gasteiger partial charge is 0.317 e. The molecule has 0 N–H and O–H groups in total. The predicted octanol–water partition coefficient (Wildman–Crippen LogP) is 5.23. The Kier molecular flexibility index (Phi) is 5.80. The summed E-state index contributed by atoms with van der Waals surface area (Å²) < 4.78 is 10.1. The number of carbonyl (C=O) groups is 2. The minimum Gasteiger partial charge on any atom is -0.469 e. The van der Waals surface area contributed by atoms with Crippen molar-refractivity contribution in [2.24, 2.45) is 28.1 Å². The molecule has 0 aromatic carbocycles. The minimum atomic E-state index is -0.540. The molecule has 0 aromatic rings. The zero-order valence-electron chi connectivity index (χ0n) is 18.0. The van der Waals surface area contributed by atoms with Gasteiger partial charge in [0.15, 0.2) is 0 Å². The van der Waals surface area contributed by atoms with E-state index in [1.807, 2.05) is 0 Å². The van der Waals surface area contributed by atoms with Gasteiger partial charge in [-0.2, -0.15) is 0 Å². The monoisotopic (exact) mass is 388 g/mol. The third kappa shape index (κ3) is 3.79. The van der Waals surface area contributed by atoms with Gasteiger partial charge in [0.1, 0.15) is 6.42 Å². The molecule has 0 amide bonds. The van der Waals surface area contributed by atoms with E-state index in [4.69, 9.17) is 4.74 Å². The van der Waals surface area contributed by atoms with Crippen LogP contribution in [0.4, 0.5) is 0 Å². The maximum Gasteiger partial charge on any atom is 0.317 e. The average molecular weight is 389 g/mol. The van der Waals surface area contributed by atoms with Crippen molar-refractivity contribution in [2.75, 3.05) is 13.7 Å². The third-order valence-corrected chi connectivity index (χ3v) is 8.14. The van der Waals surface area contributed by atoms with Crippen LogP contribution in [0.25, 0.3) is 0 Å². The van der Waals surface area contributed by atoms with E-state index in [2.05, 4.69) is 44.2 Å². The first kappa shape index (κ1) is 21.1. The molecule has 2 fully saturated rings. The van der Waals surface area contributed by atoms with E-state index in [1.54, 1.807) is 5.57 Å². The molecule has 0 aliphatic heterocycles. The summed E-state index contributed by atoms with van der Waals surface area (Å²) in [6.45, 7) is 11.5. The molecule has 0 radical (unpaired) electrons. The van der Waals surface area contributed by atoms with Crippen molar-refractivity contribution < 1.29 is 19.1 Å². The number of esters is 2. The van der Waals surface area contributed by atoms with Gasteiger partial charge in [-0.25, -0.2) is 0 Å². The fraction of sp³-hybridized carbons (Fsp3) is 0.750. The Morgan fingerprint density at radius 2 is 1.96 bits per heavy atom. The lowest BCUT2D eigenvalue weighted by Gasteiger charge is -2.59. The highest BCUT2D eigenvalue weighted by molar-refractivity contribution is 5.91. The van der Waals surface area contributed by atoms with Crippen LogP contribution in [0.3, 0.4) is 0 Å². The van der Waals surface area contributed by atoms with Crippen LogP contribution in [0.2, 0.25) is 0 Å². The molecule has 0 aromatic heterocycles. The molecular weight excluding hydrogens is 352 g/mol. The molecule has 0 spiro atoms. The van der Waals surface area contributed by atoms with E-state index in [0.29, 0.717) is 18.4 Å². The number of allylic oxidation sites excluding steroid dienone is 3. The molecule has 0 bridgehead atoms. The van der Waals surface area contributed by atoms with E-state index in [1.165, 1.54) is 32.8 Å². The fourth-order valence-corrected chi connectivity index (χ4v) is 6.40.